The molecule has 0 spiro atoms. The highest BCUT2D eigenvalue weighted by Crippen LogP contribution is 2.11. The molecule has 4 N–H and O–H groups in total. The van der Waals surface area contributed by atoms with Crippen molar-refractivity contribution in [2.75, 3.05) is 13.1 Å². The summed E-state index contributed by atoms with van der Waals surface area (Å²) in [5.41, 5.74) is 1.97. The van der Waals surface area contributed by atoms with Crippen molar-refractivity contribution in [3.8, 4) is 0 Å². The van der Waals surface area contributed by atoms with Crippen LogP contribution in [0.25, 0.3) is 0 Å². The Morgan fingerprint density at radius 3 is 3.00 bits per heavy atom. The number of rotatable bonds is 6. The number of carbonyl (C=O) groups excluding carboxylic acids is 2. The maximum Gasteiger partial charge on any atom is 0.237 e. The van der Waals surface area contributed by atoms with Gasteiger partial charge in [0.05, 0.1) is 23.8 Å². The first-order valence-electron chi connectivity index (χ1n) is 7.35. The van der Waals surface area contributed by atoms with Crippen molar-refractivity contribution in [2.45, 2.75) is 39.3 Å². The minimum absolute atomic E-state index is 0.0322. The summed E-state index contributed by atoms with van der Waals surface area (Å²) in [4.78, 5) is 30.8. The van der Waals surface area contributed by atoms with Crippen molar-refractivity contribution in [1.82, 2.24) is 25.9 Å². The second-order valence-electron chi connectivity index (χ2n) is 5.70. The fourth-order valence-corrected chi connectivity index (χ4v) is 2.18. The third-order valence-electron chi connectivity index (χ3n) is 3.41. The molecule has 0 aromatic carbocycles. The zero-order valence-corrected chi connectivity index (χ0v) is 12.5. The van der Waals surface area contributed by atoms with Crippen LogP contribution < -0.4 is 16.0 Å². The van der Waals surface area contributed by atoms with Gasteiger partial charge < -0.3 is 15.6 Å². The lowest BCUT2D eigenvalue weighted by Gasteiger charge is -2.22. The van der Waals surface area contributed by atoms with E-state index in [0.29, 0.717) is 38.4 Å². The Morgan fingerprint density at radius 1 is 1.43 bits per heavy atom. The van der Waals surface area contributed by atoms with Crippen LogP contribution in [-0.4, -0.2) is 40.9 Å². The first kappa shape index (κ1) is 15.5. The van der Waals surface area contributed by atoms with Gasteiger partial charge in [0.2, 0.25) is 11.8 Å². The van der Waals surface area contributed by atoms with Crippen LogP contribution in [0.1, 0.15) is 31.7 Å². The van der Waals surface area contributed by atoms with Crippen LogP contribution in [-0.2, 0) is 22.6 Å². The lowest BCUT2D eigenvalue weighted by atomic mass is 10.0. The number of H-pyrrole nitrogens is 1. The third kappa shape index (κ3) is 4.56. The monoisotopic (exact) mass is 293 g/mol. The molecule has 0 saturated heterocycles. The molecule has 0 aliphatic carbocycles. The van der Waals surface area contributed by atoms with Gasteiger partial charge >= 0.3 is 0 Å². The largest absolute Gasteiger partial charge is 0.356 e. The van der Waals surface area contributed by atoms with E-state index >= 15 is 0 Å². The lowest BCUT2D eigenvalue weighted by Crippen LogP contribution is -2.48. The van der Waals surface area contributed by atoms with Crippen LogP contribution in [0.15, 0.2) is 6.33 Å². The van der Waals surface area contributed by atoms with Crippen LogP contribution in [0, 0.1) is 5.92 Å². The summed E-state index contributed by atoms with van der Waals surface area (Å²) in [6.07, 6.45) is 2.52. The number of aromatic nitrogens is 2. The van der Waals surface area contributed by atoms with Crippen LogP contribution in [0.2, 0.25) is 0 Å². The molecule has 21 heavy (non-hydrogen) atoms. The Bertz CT molecular complexity index is 497. The van der Waals surface area contributed by atoms with Gasteiger partial charge in [0.25, 0.3) is 0 Å². The highest BCUT2D eigenvalue weighted by atomic mass is 16.2. The average Bonchev–Trinajstić information content (AvgIpc) is 2.92. The van der Waals surface area contributed by atoms with Crippen LogP contribution in [0.5, 0.6) is 0 Å². The molecular weight excluding hydrogens is 270 g/mol. The van der Waals surface area contributed by atoms with E-state index in [0.717, 1.165) is 11.4 Å². The smallest absolute Gasteiger partial charge is 0.237 e. The Balaban J connectivity index is 1.67. The van der Waals surface area contributed by atoms with E-state index in [1.807, 2.05) is 13.8 Å². The number of amides is 2. The van der Waals surface area contributed by atoms with Gasteiger partial charge in [-0.1, -0.05) is 13.8 Å². The van der Waals surface area contributed by atoms with Gasteiger partial charge in [0, 0.05) is 32.5 Å². The highest BCUT2D eigenvalue weighted by molar-refractivity contribution is 5.83. The normalized spacial score (nSPS) is 17.4. The maximum absolute atomic E-state index is 12.0. The Labute approximate surface area is 124 Å². The van der Waals surface area contributed by atoms with E-state index in [-0.39, 0.29) is 17.9 Å². The minimum atomic E-state index is -0.278. The highest BCUT2D eigenvalue weighted by Gasteiger charge is 2.25. The first-order chi connectivity index (χ1) is 10.1. The predicted octanol–water partition coefficient (Wildman–Crippen LogP) is -0.297. The van der Waals surface area contributed by atoms with Gasteiger partial charge in [-0.2, -0.15) is 0 Å². The Hall–Kier alpha value is -1.89. The van der Waals surface area contributed by atoms with Gasteiger partial charge in [-0.05, 0) is 5.92 Å². The van der Waals surface area contributed by atoms with Gasteiger partial charge in [-0.3, -0.25) is 14.9 Å². The number of carbonyl (C=O) groups is 2. The molecule has 1 aromatic heterocycles. The van der Waals surface area contributed by atoms with Crippen molar-refractivity contribution >= 4 is 11.8 Å². The molecule has 0 bridgehead atoms. The molecule has 2 amide bonds. The van der Waals surface area contributed by atoms with E-state index in [9.17, 15) is 9.59 Å². The molecule has 1 atom stereocenters. The molecular formula is C14H23N5O2. The summed E-state index contributed by atoms with van der Waals surface area (Å²) < 4.78 is 0. The van der Waals surface area contributed by atoms with Gasteiger partial charge in [-0.15, -0.1) is 0 Å². The summed E-state index contributed by atoms with van der Waals surface area (Å²) in [5, 5.41) is 8.77. The summed E-state index contributed by atoms with van der Waals surface area (Å²) in [6, 6.07) is -0.278. The molecule has 1 aliphatic rings. The zero-order chi connectivity index (χ0) is 15.2. The SMILES string of the molecule is CC(C)CNC(=O)CCNC(=O)C1Cc2nc[nH]c2CN1. The van der Waals surface area contributed by atoms with E-state index in [1.54, 1.807) is 6.33 Å². The van der Waals surface area contributed by atoms with Crippen molar-refractivity contribution in [1.29, 1.82) is 0 Å². The molecule has 7 heteroatoms. The van der Waals surface area contributed by atoms with Crippen molar-refractivity contribution in [3.05, 3.63) is 17.7 Å². The topological polar surface area (TPSA) is 98.9 Å². The minimum Gasteiger partial charge on any atom is -0.356 e. The number of imidazole rings is 1. The molecule has 7 nitrogen and oxygen atoms in total. The van der Waals surface area contributed by atoms with Crippen LogP contribution >= 0.6 is 0 Å². The fourth-order valence-electron chi connectivity index (χ4n) is 2.18. The molecule has 0 saturated carbocycles. The van der Waals surface area contributed by atoms with Crippen molar-refractivity contribution < 1.29 is 9.59 Å². The van der Waals surface area contributed by atoms with E-state index in [1.165, 1.54) is 0 Å². The van der Waals surface area contributed by atoms with Crippen LogP contribution in [0.4, 0.5) is 0 Å². The number of nitrogens with one attached hydrogen (secondary N) is 4. The van der Waals surface area contributed by atoms with E-state index in [2.05, 4.69) is 25.9 Å². The first-order valence-corrected chi connectivity index (χ1v) is 7.35. The number of fused-ring (bicyclic) bond motifs is 1. The Kier molecular flexibility index (Phi) is 5.32. The second kappa shape index (κ2) is 7.21. The summed E-state index contributed by atoms with van der Waals surface area (Å²) in [6.45, 7) is 5.72. The number of nitrogens with zero attached hydrogens (tertiary/aromatic N) is 1. The molecule has 1 unspecified atom stereocenters. The van der Waals surface area contributed by atoms with Gasteiger partial charge in [-0.25, -0.2) is 4.98 Å². The third-order valence-corrected chi connectivity index (χ3v) is 3.41. The quantitative estimate of drug-likeness (QED) is 0.579. The summed E-state index contributed by atoms with van der Waals surface area (Å²) >= 11 is 0. The van der Waals surface area contributed by atoms with Gasteiger partial charge in [0.15, 0.2) is 0 Å². The van der Waals surface area contributed by atoms with E-state index < -0.39 is 0 Å². The predicted molar refractivity (Wildman–Crippen MR) is 78.4 cm³/mol. The molecule has 1 aliphatic heterocycles. The molecule has 116 valence electrons. The number of aromatic amines is 1. The lowest BCUT2D eigenvalue weighted by molar-refractivity contribution is -0.124. The standard InChI is InChI=1S/C14H23N5O2/c1-9(2)6-17-13(20)3-4-15-14(21)11-5-10-12(7-16-11)19-8-18-10/h8-9,11,16H,3-7H2,1-2H3,(H,15,21)(H,17,20)(H,18,19). The molecule has 2 rings (SSSR count). The zero-order valence-electron chi connectivity index (χ0n) is 12.5. The Morgan fingerprint density at radius 2 is 2.24 bits per heavy atom. The summed E-state index contributed by atoms with van der Waals surface area (Å²) in [7, 11) is 0. The van der Waals surface area contributed by atoms with Crippen molar-refractivity contribution in [2.24, 2.45) is 5.92 Å². The maximum atomic E-state index is 12.0. The summed E-state index contributed by atoms with van der Waals surface area (Å²) in [5.74, 6) is 0.313. The number of hydrogen-bond donors (Lipinski definition) is 4. The van der Waals surface area contributed by atoms with Crippen molar-refractivity contribution in [3.63, 3.8) is 0 Å². The molecule has 0 fully saturated rings. The fraction of sp³-hybridized carbons (Fsp3) is 0.643. The molecule has 1 aromatic rings. The second-order valence-corrected chi connectivity index (χ2v) is 5.70. The average molecular weight is 293 g/mol. The molecule has 2 heterocycles. The van der Waals surface area contributed by atoms with Crippen LogP contribution in [0.3, 0.4) is 0 Å². The van der Waals surface area contributed by atoms with Gasteiger partial charge in [0.1, 0.15) is 0 Å². The number of hydrogen-bond acceptors (Lipinski definition) is 4. The molecule has 0 radical (unpaired) electrons. The van der Waals surface area contributed by atoms with E-state index in [4.69, 9.17) is 0 Å².